The number of aromatic amines is 1. The second kappa shape index (κ2) is 7.79. The van der Waals surface area contributed by atoms with Gasteiger partial charge in [-0.2, -0.15) is 13.2 Å². The molecule has 3 aromatic rings. The van der Waals surface area contributed by atoms with E-state index >= 15 is 0 Å². The maximum absolute atomic E-state index is 12.7. The van der Waals surface area contributed by atoms with Crippen molar-refractivity contribution in [2.75, 3.05) is 6.61 Å². The molecule has 0 atom stereocenters. The number of H-pyrrole nitrogens is 1. The number of amides is 1. The van der Waals surface area contributed by atoms with E-state index in [9.17, 15) is 26.7 Å². The Morgan fingerprint density at radius 3 is 2.75 bits per heavy atom. The molecule has 0 aliphatic carbocycles. The second-order valence-corrected chi connectivity index (χ2v) is 5.71. The summed E-state index contributed by atoms with van der Waals surface area (Å²) >= 11 is 0. The fraction of sp³-hybridized carbons (Fsp3) is 0.235. The highest BCUT2D eigenvalue weighted by atomic mass is 19.4. The predicted octanol–water partition coefficient (Wildman–Crippen LogP) is 3.77. The van der Waals surface area contributed by atoms with Gasteiger partial charge in [-0.25, -0.2) is 18.7 Å². The third-order valence-corrected chi connectivity index (χ3v) is 3.63. The summed E-state index contributed by atoms with van der Waals surface area (Å²) in [7, 11) is 0. The Balaban J connectivity index is 1.70. The third kappa shape index (κ3) is 4.72. The number of rotatable bonds is 6. The quantitative estimate of drug-likeness (QED) is 0.618. The van der Waals surface area contributed by atoms with Gasteiger partial charge in [0.1, 0.15) is 0 Å². The van der Waals surface area contributed by atoms with E-state index in [1.165, 1.54) is 36.5 Å². The average molecular weight is 400 g/mol. The highest BCUT2D eigenvalue weighted by Crippen LogP contribution is 2.22. The molecule has 11 heteroatoms. The van der Waals surface area contributed by atoms with Crippen LogP contribution < -0.4 is 10.1 Å². The normalized spacial score (nSPS) is 11.8. The third-order valence-electron chi connectivity index (χ3n) is 3.63. The molecule has 0 aliphatic rings. The number of alkyl halides is 5. The standard InChI is InChI=1S/C17H13F5N4O2/c18-13(19)14-25-11-4-3-9(6-12(11)26-14)15(27)24-7-10-2-1-5-23-16(10)28-8-17(20,21)22/h1-6,13H,7-8H2,(H,24,27)(H,25,26). The lowest BCUT2D eigenvalue weighted by Gasteiger charge is -2.12. The van der Waals surface area contributed by atoms with Crippen LogP contribution in [0.2, 0.25) is 0 Å². The number of nitrogens with one attached hydrogen (secondary N) is 2. The molecular formula is C17H13F5N4O2. The van der Waals surface area contributed by atoms with Gasteiger partial charge in [0.05, 0.1) is 11.0 Å². The van der Waals surface area contributed by atoms with Crippen molar-refractivity contribution in [1.82, 2.24) is 20.3 Å². The molecule has 0 fully saturated rings. The number of benzene rings is 1. The van der Waals surface area contributed by atoms with Gasteiger partial charge in [-0.05, 0) is 24.3 Å². The Hall–Kier alpha value is -3.24. The number of fused-ring (bicyclic) bond motifs is 1. The van der Waals surface area contributed by atoms with Crippen molar-refractivity contribution in [3.8, 4) is 5.88 Å². The summed E-state index contributed by atoms with van der Waals surface area (Å²) in [6.07, 6.45) is -6.02. The Labute approximate surface area is 154 Å². The van der Waals surface area contributed by atoms with Gasteiger partial charge in [-0.3, -0.25) is 4.79 Å². The average Bonchev–Trinajstić information content (AvgIpc) is 3.08. The molecule has 3 rings (SSSR count). The number of hydrogen-bond donors (Lipinski definition) is 2. The summed E-state index contributed by atoms with van der Waals surface area (Å²) in [4.78, 5) is 22.2. The minimum Gasteiger partial charge on any atom is -0.468 e. The molecule has 0 unspecified atom stereocenters. The monoisotopic (exact) mass is 400 g/mol. The van der Waals surface area contributed by atoms with E-state index < -0.39 is 30.9 Å². The van der Waals surface area contributed by atoms with Crippen LogP contribution in [-0.2, 0) is 6.54 Å². The van der Waals surface area contributed by atoms with Gasteiger partial charge >= 0.3 is 6.18 Å². The van der Waals surface area contributed by atoms with E-state index in [0.717, 1.165) is 0 Å². The van der Waals surface area contributed by atoms with Crippen LogP contribution in [0.5, 0.6) is 5.88 Å². The Morgan fingerprint density at radius 2 is 2.04 bits per heavy atom. The number of pyridine rings is 1. The van der Waals surface area contributed by atoms with Crippen LogP contribution in [0, 0.1) is 0 Å². The van der Waals surface area contributed by atoms with Crippen LogP contribution in [0.4, 0.5) is 22.0 Å². The number of nitrogens with zero attached hydrogens (tertiary/aromatic N) is 2. The molecule has 1 aromatic carbocycles. The number of carbonyl (C=O) groups is 1. The zero-order chi connectivity index (χ0) is 20.3. The van der Waals surface area contributed by atoms with Crippen molar-refractivity contribution in [2.45, 2.75) is 19.1 Å². The maximum Gasteiger partial charge on any atom is 0.422 e. The maximum atomic E-state index is 12.7. The second-order valence-electron chi connectivity index (χ2n) is 5.71. The molecule has 2 N–H and O–H groups in total. The van der Waals surface area contributed by atoms with Gasteiger partial charge in [-0.15, -0.1) is 0 Å². The smallest absolute Gasteiger partial charge is 0.422 e. The zero-order valence-corrected chi connectivity index (χ0v) is 14.1. The van der Waals surface area contributed by atoms with Crippen molar-refractivity contribution < 1.29 is 31.5 Å². The number of hydrogen-bond acceptors (Lipinski definition) is 4. The first-order valence-corrected chi connectivity index (χ1v) is 7.92. The van der Waals surface area contributed by atoms with E-state index in [2.05, 4.69) is 25.0 Å². The fourth-order valence-corrected chi connectivity index (χ4v) is 2.39. The van der Waals surface area contributed by atoms with Crippen molar-refractivity contribution in [2.24, 2.45) is 0 Å². The molecule has 28 heavy (non-hydrogen) atoms. The van der Waals surface area contributed by atoms with Gasteiger partial charge in [0, 0.05) is 23.9 Å². The van der Waals surface area contributed by atoms with Crippen LogP contribution >= 0.6 is 0 Å². The number of ether oxygens (including phenoxy) is 1. The lowest BCUT2D eigenvalue weighted by molar-refractivity contribution is -0.154. The molecule has 0 bridgehead atoms. The predicted molar refractivity (Wildman–Crippen MR) is 88.0 cm³/mol. The largest absolute Gasteiger partial charge is 0.468 e. The van der Waals surface area contributed by atoms with Crippen molar-refractivity contribution in [3.63, 3.8) is 0 Å². The van der Waals surface area contributed by atoms with Crippen molar-refractivity contribution >= 4 is 16.9 Å². The summed E-state index contributed by atoms with van der Waals surface area (Å²) < 4.78 is 67.0. The number of carbonyl (C=O) groups excluding carboxylic acids is 1. The van der Waals surface area contributed by atoms with E-state index in [-0.39, 0.29) is 34.6 Å². The first kappa shape index (κ1) is 19.5. The Bertz CT molecular complexity index is 987. The van der Waals surface area contributed by atoms with E-state index in [1.54, 1.807) is 0 Å². The minimum absolute atomic E-state index is 0.136. The van der Waals surface area contributed by atoms with Crippen LogP contribution in [-0.4, -0.2) is 33.6 Å². The molecule has 0 saturated carbocycles. The zero-order valence-electron chi connectivity index (χ0n) is 14.1. The molecule has 148 valence electrons. The van der Waals surface area contributed by atoms with Crippen molar-refractivity contribution in [1.29, 1.82) is 0 Å². The summed E-state index contributed by atoms with van der Waals surface area (Å²) in [5.41, 5.74) is 0.960. The van der Waals surface area contributed by atoms with Crippen LogP contribution in [0.3, 0.4) is 0 Å². The SMILES string of the molecule is O=C(NCc1cccnc1OCC(F)(F)F)c1ccc2nc(C(F)F)[nH]c2c1. The van der Waals surface area contributed by atoms with Crippen LogP contribution in [0.15, 0.2) is 36.5 Å². The van der Waals surface area contributed by atoms with Gasteiger partial charge in [0.15, 0.2) is 12.4 Å². The summed E-state index contributed by atoms with van der Waals surface area (Å²) in [5, 5.41) is 2.52. The number of halogens is 5. The topological polar surface area (TPSA) is 79.9 Å². The summed E-state index contributed by atoms with van der Waals surface area (Å²) in [5.74, 6) is -1.30. The fourth-order valence-electron chi connectivity index (χ4n) is 2.39. The molecule has 0 spiro atoms. The first-order chi connectivity index (χ1) is 13.2. The lowest BCUT2D eigenvalue weighted by atomic mass is 10.2. The highest BCUT2D eigenvalue weighted by Gasteiger charge is 2.29. The van der Waals surface area contributed by atoms with Gasteiger partial charge < -0.3 is 15.0 Å². The minimum atomic E-state index is -4.52. The molecule has 6 nitrogen and oxygen atoms in total. The first-order valence-electron chi connectivity index (χ1n) is 7.92. The summed E-state index contributed by atoms with van der Waals surface area (Å²) in [6, 6.07) is 7.12. The lowest BCUT2D eigenvalue weighted by Crippen LogP contribution is -2.24. The van der Waals surface area contributed by atoms with Crippen molar-refractivity contribution in [3.05, 3.63) is 53.5 Å². The molecule has 0 saturated heterocycles. The highest BCUT2D eigenvalue weighted by molar-refractivity contribution is 5.97. The molecular weight excluding hydrogens is 387 g/mol. The van der Waals surface area contributed by atoms with Crippen LogP contribution in [0.1, 0.15) is 28.2 Å². The molecule has 2 aromatic heterocycles. The van der Waals surface area contributed by atoms with E-state index in [1.807, 2.05) is 0 Å². The molecule has 1 amide bonds. The van der Waals surface area contributed by atoms with Crippen LogP contribution in [0.25, 0.3) is 11.0 Å². The molecule has 0 aliphatic heterocycles. The van der Waals surface area contributed by atoms with Gasteiger partial charge in [0.25, 0.3) is 12.3 Å². The van der Waals surface area contributed by atoms with E-state index in [4.69, 9.17) is 0 Å². The Kier molecular flexibility index (Phi) is 5.43. The summed E-state index contributed by atoms with van der Waals surface area (Å²) in [6.45, 7) is -1.64. The molecule has 0 radical (unpaired) electrons. The Morgan fingerprint density at radius 1 is 1.25 bits per heavy atom. The van der Waals surface area contributed by atoms with E-state index in [0.29, 0.717) is 0 Å². The molecule has 2 heterocycles. The van der Waals surface area contributed by atoms with Gasteiger partial charge in [-0.1, -0.05) is 6.07 Å². The van der Waals surface area contributed by atoms with Gasteiger partial charge in [0.2, 0.25) is 5.88 Å². The number of imidazole rings is 1. The number of aromatic nitrogens is 3.